The fourth-order valence-corrected chi connectivity index (χ4v) is 3.66. The van der Waals surface area contributed by atoms with Crippen molar-refractivity contribution in [1.29, 1.82) is 0 Å². The van der Waals surface area contributed by atoms with Gasteiger partial charge < -0.3 is 15.0 Å². The van der Waals surface area contributed by atoms with Gasteiger partial charge in [0.25, 0.3) is 0 Å². The van der Waals surface area contributed by atoms with E-state index >= 15 is 0 Å². The van der Waals surface area contributed by atoms with Crippen molar-refractivity contribution in [2.75, 3.05) is 32.8 Å². The van der Waals surface area contributed by atoms with Crippen LogP contribution in [-0.4, -0.2) is 58.3 Å². The lowest BCUT2D eigenvalue weighted by Crippen LogP contribution is -2.41. The molecule has 4 rings (SSSR count). The van der Waals surface area contributed by atoms with Crippen molar-refractivity contribution in [3.8, 4) is 0 Å². The number of fused-ring (bicyclic) bond motifs is 1. The number of rotatable bonds is 3. The Bertz CT molecular complexity index is 740. The van der Waals surface area contributed by atoms with Crippen LogP contribution < -0.4 is 5.32 Å². The van der Waals surface area contributed by atoms with Gasteiger partial charge in [-0.2, -0.15) is 0 Å². The average Bonchev–Trinajstić information content (AvgIpc) is 3.33. The minimum absolute atomic E-state index is 0. The predicted molar refractivity (Wildman–Crippen MR) is 107 cm³/mol. The third-order valence-corrected chi connectivity index (χ3v) is 5.01. The van der Waals surface area contributed by atoms with Gasteiger partial charge >= 0.3 is 0 Å². The molecule has 1 unspecified atom stereocenters. The fraction of sp³-hybridized carbons (Fsp3) is 0.588. The molecule has 1 N–H and O–H groups in total. The number of halogens is 1. The van der Waals surface area contributed by atoms with Crippen molar-refractivity contribution in [2.45, 2.75) is 26.3 Å². The van der Waals surface area contributed by atoms with Crippen molar-refractivity contribution in [1.82, 2.24) is 24.8 Å². The largest absolute Gasteiger partial charge is 0.381 e. The number of nitrogens with one attached hydrogen (secondary N) is 1. The lowest BCUT2D eigenvalue weighted by atomic mass is 9.87. The summed E-state index contributed by atoms with van der Waals surface area (Å²) in [4.78, 5) is 7.17. The molecule has 0 amide bonds. The quantitative estimate of drug-likeness (QED) is 0.435. The molecular weight excluding hydrogens is 431 g/mol. The van der Waals surface area contributed by atoms with E-state index in [2.05, 4.69) is 27.3 Å². The lowest BCUT2D eigenvalue weighted by Gasteiger charge is -2.24. The van der Waals surface area contributed by atoms with E-state index in [4.69, 9.17) is 9.73 Å². The highest BCUT2D eigenvalue weighted by molar-refractivity contribution is 14.0. The maximum absolute atomic E-state index is 5.63. The summed E-state index contributed by atoms with van der Waals surface area (Å²) in [5.74, 6) is 1.83. The number of aliphatic imine (C=N–C) groups is 1. The first-order valence-electron chi connectivity index (χ1n) is 8.69. The number of hydrogen-bond donors (Lipinski definition) is 1. The van der Waals surface area contributed by atoms with E-state index in [0.717, 1.165) is 56.7 Å². The molecule has 8 heteroatoms. The molecule has 2 aliphatic rings. The standard InChI is InChI=1S/C17H24N6O.HI/c1-2-18-16(22-9-6-17(12-22)7-10-24-13-17)19-11-15-21-20-14-5-3-4-8-23(14)15;/h3-5,8H,2,6-7,9-13H2,1H3,(H,18,19);1H. The summed E-state index contributed by atoms with van der Waals surface area (Å²) >= 11 is 0. The van der Waals surface area contributed by atoms with Crippen molar-refractivity contribution >= 4 is 35.6 Å². The highest BCUT2D eigenvalue weighted by Gasteiger charge is 2.42. The molecule has 7 nitrogen and oxygen atoms in total. The Balaban J connectivity index is 0.00000182. The molecular formula is C17H25IN6O. The number of pyridine rings is 1. The van der Waals surface area contributed by atoms with Gasteiger partial charge in [-0.3, -0.25) is 4.40 Å². The van der Waals surface area contributed by atoms with Crippen molar-refractivity contribution in [3.05, 3.63) is 30.2 Å². The number of likely N-dealkylation sites (tertiary alicyclic amines) is 1. The van der Waals surface area contributed by atoms with E-state index in [-0.39, 0.29) is 24.0 Å². The molecule has 1 atom stereocenters. The van der Waals surface area contributed by atoms with E-state index in [9.17, 15) is 0 Å². The molecule has 1 spiro atoms. The second-order valence-electron chi connectivity index (χ2n) is 6.69. The number of guanidine groups is 1. The normalized spacial score (nSPS) is 23.4. The maximum atomic E-state index is 5.63. The summed E-state index contributed by atoms with van der Waals surface area (Å²) in [5.41, 5.74) is 1.19. The first kappa shape index (κ1) is 18.4. The number of hydrogen-bond acceptors (Lipinski definition) is 4. The first-order valence-corrected chi connectivity index (χ1v) is 8.69. The number of aromatic nitrogens is 3. The van der Waals surface area contributed by atoms with Crippen LogP contribution in [0.1, 0.15) is 25.6 Å². The Morgan fingerprint density at radius 1 is 1.36 bits per heavy atom. The molecule has 4 heterocycles. The van der Waals surface area contributed by atoms with Gasteiger partial charge in [0.2, 0.25) is 0 Å². The Kier molecular flexibility index (Phi) is 5.78. The molecule has 2 aromatic rings. The Morgan fingerprint density at radius 3 is 3.08 bits per heavy atom. The third-order valence-electron chi connectivity index (χ3n) is 5.01. The van der Waals surface area contributed by atoms with Gasteiger partial charge in [0, 0.05) is 37.9 Å². The molecule has 0 bridgehead atoms. The van der Waals surface area contributed by atoms with Crippen LogP contribution in [0.4, 0.5) is 0 Å². The van der Waals surface area contributed by atoms with E-state index in [1.807, 2.05) is 28.8 Å². The molecule has 0 aliphatic carbocycles. The van der Waals surface area contributed by atoms with E-state index in [1.165, 1.54) is 6.42 Å². The summed E-state index contributed by atoms with van der Waals surface area (Å²) in [6, 6.07) is 5.91. The molecule has 136 valence electrons. The van der Waals surface area contributed by atoms with Gasteiger partial charge in [0.1, 0.15) is 6.54 Å². The van der Waals surface area contributed by atoms with Crippen LogP contribution in [0.3, 0.4) is 0 Å². The van der Waals surface area contributed by atoms with Crippen LogP contribution in [0.25, 0.3) is 5.65 Å². The number of ether oxygens (including phenoxy) is 1. The monoisotopic (exact) mass is 456 g/mol. The van der Waals surface area contributed by atoms with Crippen molar-refractivity contribution in [2.24, 2.45) is 10.4 Å². The molecule has 2 fully saturated rings. The van der Waals surface area contributed by atoms with Crippen LogP contribution in [0, 0.1) is 5.41 Å². The maximum Gasteiger partial charge on any atom is 0.194 e. The molecule has 0 aromatic carbocycles. The molecule has 2 aliphatic heterocycles. The third kappa shape index (κ3) is 3.74. The van der Waals surface area contributed by atoms with Gasteiger partial charge in [-0.05, 0) is 31.9 Å². The molecule has 2 aromatic heterocycles. The van der Waals surface area contributed by atoms with Crippen LogP contribution in [0.5, 0.6) is 0 Å². The summed E-state index contributed by atoms with van der Waals surface area (Å²) in [5, 5.41) is 11.9. The Morgan fingerprint density at radius 2 is 2.28 bits per heavy atom. The lowest BCUT2D eigenvalue weighted by molar-refractivity contribution is 0.156. The van der Waals surface area contributed by atoms with Crippen molar-refractivity contribution < 1.29 is 4.74 Å². The highest BCUT2D eigenvalue weighted by atomic mass is 127. The van der Waals surface area contributed by atoms with Gasteiger partial charge in [-0.25, -0.2) is 4.99 Å². The van der Waals surface area contributed by atoms with E-state index < -0.39 is 0 Å². The topological polar surface area (TPSA) is 67.0 Å². The fourth-order valence-electron chi connectivity index (χ4n) is 3.66. The Hall–Kier alpha value is -1.42. The summed E-state index contributed by atoms with van der Waals surface area (Å²) < 4.78 is 7.62. The molecule has 0 radical (unpaired) electrons. The van der Waals surface area contributed by atoms with Gasteiger partial charge in [-0.1, -0.05) is 6.07 Å². The van der Waals surface area contributed by atoms with Crippen molar-refractivity contribution in [3.63, 3.8) is 0 Å². The van der Waals surface area contributed by atoms with Crippen LogP contribution in [-0.2, 0) is 11.3 Å². The second kappa shape index (κ2) is 7.86. The summed E-state index contributed by atoms with van der Waals surface area (Å²) in [7, 11) is 0. The molecule has 0 saturated carbocycles. The van der Waals surface area contributed by atoms with Gasteiger partial charge in [0.15, 0.2) is 17.4 Å². The zero-order chi connectivity index (χ0) is 16.4. The first-order chi connectivity index (χ1) is 11.8. The van der Waals surface area contributed by atoms with Gasteiger partial charge in [0.05, 0.1) is 6.61 Å². The van der Waals surface area contributed by atoms with Gasteiger partial charge in [-0.15, -0.1) is 34.2 Å². The Labute approximate surface area is 164 Å². The highest BCUT2D eigenvalue weighted by Crippen LogP contribution is 2.38. The summed E-state index contributed by atoms with van der Waals surface area (Å²) in [6.45, 7) is 7.33. The van der Waals surface area contributed by atoms with Crippen LogP contribution in [0.2, 0.25) is 0 Å². The zero-order valence-electron chi connectivity index (χ0n) is 14.5. The predicted octanol–water partition coefficient (Wildman–Crippen LogP) is 1.93. The van der Waals surface area contributed by atoms with Crippen LogP contribution in [0.15, 0.2) is 29.4 Å². The second-order valence-corrected chi connectivity index (χ2v) is 6.69. The minimum atomic E-state index is 0. The minimum Gasteiger partial charge on any atom is -0.381 e. The number of nitrogens with zero attached hydrogens (tertiary/aromatic N) is 5. The molecule has 2 saturated heterocycles. The van der Waals surface area contributed by atoms with Crippen LogP contribution >= 0.6 is 24.0 Å². The SMILES string of the molecule is CCNC(=NCc1nnc2ccccn12)N1CCC2(CCOC2)C1.I. The average molecular weight is 456 g/mol. The summed E-state index contributed by atoms with van der Waals surface area (Å²) in [6.07, 6.45) is 4.33. The van der Waals surface area contributed by atoms with E-state index in [0.29, 0.717) is 12.0 Å². The zero-order valence-corrected chi connectivity index (χ0v) is 16.8. The smallest absolute Gasteiger partial charge is 0.194 e. The van der Waals surface area contributed by atoms with E-state index in [1.54, 1.807) is 0 Å². The molecule has 25 heavy (non-hydrogen) atoms.